The number of pyridine rings is 1. The lowest BCUT2D eigenvalue weighted by Gasteiger charge is -2.28. The molecule has 1 aliphatic rings. The van der Waals surface area contributed by atoms with Gasteiger partial charge in [0, 0.05) is 43.8 Å². The largest absolute Gasteiger partial charge is 0.379 e. The van der Waals surface area contributed by atoms with Crippen LogP contribution in [0.25, 0.3) is 10.9 Å². The van der Waals surface area contributed by atoms with Gasteiger partial charge >= 0.3 is 0 Å². The number of nitrogens with zero attached hydrogens (tertiary/aromatic N) is 3. The van der Waals surface area contributed by atoms with Crippen molar-refractivity contribution in [1.82, 2.24) is 25.0 Å². The first-order valence-electron chi connectivity index (χ1n) is 11.0. The maximum atomic E-state index is 12.7. The molecule has 0 atom stereocenters. The van der Waals surface area contributed by atoms with Crippen LogP contribution in [0, 0.1) is 6.92 Å². The van der Waals surface area contributed by atoms with Gasteiger partial charge < -0.3 is 24.8 Å². The van der Waals surface area contributed by atoms with Crippen molar-refractivity contribution in [2.24, 2.45) is 0 Å². The molecule has 2 aromatic rings. The predicted octanol–water partition coefficient (Wildman–Crippen LogP) is 1.80. The molecule has 8 heteroatoms. The Morgan fingerprint density at radius 1 is 1.23 bits per heavy atom. The van der Waals surface area contributed by atoms with E-state index in [-0.39, 0.29) is 5.56 Å². The van der Waals surface area contributed by atoms with Crippen molar-refractivity contribution in [3.63, 3.8) is 0 Å². The number of benzene rings is 1. The van der Waals surface area contributed by atoms with Crippen molar-refractivity contribution in [2.45, 2.75) is 19.9 Å². The van der Waals surface area contributed by atoms with E-state index in [9.17, 15) is 4.79 Å². The molecule has 1 aromatic heterocycles. The average Bonchev–Trinajstić information content (AvgIpc) is 2.75. The van der Waals surface area contributed by atoms with Gasteiger partial charge in [0.25, 0.3) is 5.56 Å². The summed E-state index contributed by atoms with van der Waals surface area (Å²) in [4.78, 5) is 22.3. The second-order valence-electron chi connectivity index (χ2n) is 8.48. The number of likely N-dealkylation sites (N-methyl/N-ethyl adjacent to an activating group) is 1. The van der Waals surface area contributed by atoms with E-state index in [1.54, 1.807) is 0 Å². The van der Waals surface area contributed by atoms with Crippen LogP contribution in [0.1, 0.15) is 17.5 Å². The van der Waals surface area contributed by atoms with Gasteiger partial charge in [0.05, 0.1) is 19.8 Å². The number of morpholine rings is 1. The molecule has 0 bridgehead atoms. The van der Waals surface area contributed by atoms with Gasteiger partial charge in [-0.25, -0.2) is 0 Å². The predicted molar refractivity (Wildman–Crippen MR) is 131 cm³/mol. The molecular formula is C23H35N5O2S. The normalized spacial score (nSPS) is 14.8. The summed E-state index contributed by atoms with van der Waals surface area (Å²) in [5.41, 5.74) is 2.71. The quantitative estimate of drug-likeness (QED) is 0.451. The van der Waals surface area contributed by atoms with Gasteiger partial charge in [0.15, 0.2) is 5.11 Å². The number of H-pyrrole nitrogens is 1. The minimum atomic E-state index is -0.0543. The summed E-state index contributed by atoms with van der Waals surface area (Å²) in [6.07, 6.45) is 1.03. The number of aromatic amines is 1. The van der Waals surface area contributed by atoms with Crippen LogP contribution >= 0.6 is 12.2 Å². The first-order chi connectivity index (χ1) is 14.9. The fraction of sp³-hybridized carbons (Fsp3) is 0.565. The SMILES string of the molecule is Cc1ccc2[nH]c(=O)c(CN(CCN(C)C)C(=S)NCCCN3CCOCC3)cc2c1. The lowest BCUT2D eigenvalue weighted by Crippen LogP contribution is -2.44. The summed E-state index contributed by atoms with van der Waals surface area (Å²) in [7, 11) is 4.09. The maximum Gasteiger partial charge on any atom is 0.253 e. The van der Waals surface area contributed by atoms with E-state index in [0.29, 0.717) is 11.7 Å². The highest BCUT2D eigenvalue weighted by Crippen LogP contribution is 2.14. The molecule has 0 saturated carbocycles. The highest BCUT2D eigenvalue weighted by atomic mass is 32.1. The van der Waals surface area contributed by atoms with Gasteiger partial charge in [-0.3, -0.25) is 9.69 Å². The molecule has 0 aliphatic carbocycles. The Labute approximate surface area is 190 Å². The fourth-order valence-electron chi connectivity index (χ4n) is 3.70. The number of nitrogens with one attached hydrogen (secondary N) is 2. The Morgan fingerprint density at radius 2 is 2.00 bits per heavy atom. The van der Waals surface area contributed by atoms with E-state index in [2.05, 4.69) is 38.0 Å². The summed E-state index contributed by atoms with van der Waals surface area (Å²) < 4.78 is 5.40. The van der Waals surface area contributed by atoms with E-state index < -0.39 is 0 Å². The maximum absolute atomic E-state index is 12.7. The monoisotopic (exact) mass is 445 g/mol. The van der Waals surface area contributed by atoms with Crippen molar-refractivity contribution < 1.29 is 4.74 Å². The van der Waals surface area contributed by atoms with Crippen LogP contribution in [-0.2, 0) is 11.3 Å². The van der Waals surface area contributed by atoms with Gasteiger partial charge in [-0.1, -0.05) is 11.6 Å². The van der Waals surface area contributed by atoms with Crippen LogP contribution in [0.2, 0.25) is 0 Å². The smallest absolute Gasteiger partial charge is 0.253 e. The zero-order chi connectivity index (χ0) is 22.2. The molecule has 1 saturated heterocycles. The van der Waals surface area contributed by atoms with E-state index in [0.717, 1.165) is 75.4 Å². The minimum absolute atomic E-state index is 0.0543. The summed E-state index contributed by atoms with van der Waals surface area (Å²) in [6, 6.07) is 8.06. The lowest BCUT2D eigenvalue weighted by atomic mass is 10.1. The molecular weight excluding hydrogens is 410 g/mol. The van der Waals surface area contributed by atoms with Crippen LogP contribution in [0.15, 0.2) is 29.1 Å². The van der Waals surface area contributed by atoms with Crippen molar-refractivity contribution in [3.05, 3.63) is 45.7 Å². The molecule has 7 nitrogen and oxygen atoms in total. The van der Waals surface area contributed by atoms with Crippen molar-refractivity contribution in [1.29, 1.82) is 0 Å². The van der Waals surface area contributed by atoms with Gasteiger partial charge in [-0.15, -0.1) is 0 Å². The van der Waals surface area contributed by atoms with E-state index >= 15 is 0 Å². The molecule has 2 N–H and O–H groups in total. The van der Waals surface area contributed by atoms with Gasteiger partial charge in [-0.05, 0) is 69.8 Å². The van der Waals surface area contributed by atoms with Crippen LogP contribution in [0.5, 0.6) is 0 Å². The molecule has 31 heavy (non-hydrogen) atoms. The molecule has 1 aliphatic heterocycles. The van der Waals surface area contributed by atoms with E-state index in [1.807, 2.05) is 32.3 Å². The molecule has 0 radical (unpaired) electrons. The number of thiocarbonyl (C=S) groups is 1. The number of fused-ring (bicyclic) bond motifs is 1. The molecule has 0 spiro atoms. The Kier molecular flexibility index (Phi) is 8.83. The number of hydrogen-bond acceptors (Lipinski definition) is 5. The average molecular weight is 446 g/mol. The third kappa shape index (κ3) is 7.28. The Hall–Kier alpha value is -2.00. The zero-order valence-electron chi connectivity index (χ0n) is 18.9. The molecule has 170 valence electrons. The number of hydrogen-bond donors (Lipinski definition) is 2. The molecule has 1 aromatic carbocycles. The van der Waals surface area contributed by atoms with Gasteiger partial charge in [-0.2, -0.15) is 0 Å². The van der Waals surface area contributed by atoms with Crippen LogP contribution in [0.4, 0.5) is 0 Å². The summed E-state index contributed by atoms with van der Waals surface area (Å²) >= 11 is 5.71. The summed E-state index contributed by atoms with van der Waals surface area (Å²) in [5, 5.41) is 5.15. The molecule has 0 amide bonds. The molecule has 3 rings (SSSR count). The van der Waals surface area contributed by atoms with Crippen molar-refractivity contribution in [3.8, 4) is 0 Å². The van der Waals surface area contributed by atoms with E-state index in [4.69, 9.17) is 17.0 Å². The third-order valence-corrected chi connectivity index (χ3v) is 5.98. The Bertz CT molecular complexity index is 924. The highest BCUT2D eigenvalue weighted by Gasteiger charge is 2.14. The molecule has 1 fully saturated rings. The standard InChI is InChI=1S/C23H35N5O2S/c1-18-5-6-21-19(15-18)16-20(22(29)25-21)17-28(10-9-26(2)3)23(31)24-7-4-8-27-11-13-30-14-12-27/h5-6,15-16H,4,7-14,17H2,1-3H3,(H,24,31)(H,25,29). The third-order valence-electron chi connectivity index (χ3n) is 5.57. The highest BCUT2D eigenvalue weighted by molar-refractivity contribution is 7.80. The number of rotatable bonds is 9. The second kappa shape index (κ2) is 11.6. The van der Waals surface area contributed by atoms with Crippen molar-refractivity contribution >= 4 is 28.2 Å². The first-order valence-corrected chi connectivity index (χ1v) is 11.4. The van der Waals surface area contributed by atoms with E-state index in [1.165, 1.54) is 5.56 Å². The number of aromatic nitrogens is 1. The van der Waals surface area contributed by atoms with Crippen molar-refractivity contribution in [2.75, 3.05) is 66.6 Å². The zero-order valence-corrected chi connectivity index (χ0v) is 19.8. The Balaban J connectivity index is 1.62. The first kappa shape index (κ1) is 23.7. The molecule has 0 unspecified atom stereocenters. The van der Waals surface area contributed by atoms with Crippen LogP contribution in [-0.4, -0.2) is 91.4 Å². The summed E-state index contributed by atoms with van der Waals surface area (Å²) in [5.74, 6) is 0. The number of aryl methyl sites for hydroxylation is 1. The van der Waals surface area contributed by atoms with Crippen LogP contribution < -0.4 is 10.9 Å². The number of ether oxygens (including phenoxy) is 1. The van der Waals surface area contributed by atoms with Gasteiger partial charge in [0.1, 0.15) is 0 Å². The topological polar surface area (TPSA) is 63.8 Å². The van der Waals surface area contributed by atoms with Gasteiger partial charge in [0.2, 0.25) is 0 Å². The summed E-state index contributed by atoms with van der Waals surface area (Å²) in [6.45, 7) is 9.68. The minimum Gasteiger partial charge on any atom is -0.379 e. The molecule has 2 heterocycles. The Morgan fingerprint density at radius 3 is 2.74 bits per heavy atom. The lowest BCUT2D eigenvalue weighted by molar-refractivity contribution is 0.0376. The van der Waals surface area contributed by atoms with Crippen LogP contribution in [0.3, 0.4) is 0 Å². The fourth-order valence-corrected chi connectivity index (χ4v) is 3.96. The second-order valence-corrected chi connectivity index (χ2v) is 8.87.